The molecule has 0 unspecified atom stereocenters. The number of hydrogen-bond acceptors (Lipinski definition) is 6. The molecule has 0 aliphatic heterocycles. The zero-order chi connectivity index (χ0) is 18.4. The highest BCUT2D eigenvalue weighted by atomic mass is 35.5. The van der Waals surface area contributed by atoms with Crippen LogP contribution < -0.4 is 16.3 Å². The SMILES string of the molecule is CN(Cl)NC(=O)c1cc(C(=O)NN(C)Cl)cc(C(=O)NN(C)Cl)c1. The number of hydrogen-bond donors (Lipinski definition) is 3. The zero-order valence-corrected chi connectivity index (χ0v) is 15.2. The quantitative estimate of drug-likeness (QED) is 0.487. The molecule has 24 heavy (non-hydrogen) atoms. The number of carbonyl (C=O) groups excluding carboxylic acids is 3. The predicted molar refractivity (Wildman–Crippen MR) is 89.7 cm³/mol. The summed E-state index contributed by atoms with van der Waals surface area (Å²) < 4.78 is 2.73. The Balaban J connectivity index is 3.25. The van der Waals surface area contributed by atoms with Crippen molar-refractivity contribution in [3.63, 3.8) is 0 Å². The fraction of sp³-hybridized carbons (Fsp3) is 0.250. The summed E-state index contributed by atoms with van der Waals surface area (Å²) in [5.41, 5.74) is 7.00. The van der Waals surface area contributed by atoms with E-state index >= 15 is 0 Å². The molecule has 3 amide bonds. The Kier molecular flexibility index (Phi) is 7.67. The minimum absolute atomic E-state index is 0.0368. The number of amides is 3. The predicted octanol–water partition coefficient (Wildman–Crippen LogP) is 0.878. The third-order valence-electron chi connectivity index (χ3n) is 2.49. The molecule has 132 valence electrons. The van der Waals surface area contributed by atoms with Gasteiger partial charge in [0, 0.05) is 37.8 Å². The Morgan fingerprint density at radius 1 is 0.667 bits per heavy atom. The molecule has 0 bridgehead atoms. The van der Waals surface area contributed by atoms with Gasteiger partial charge in [0.05, 0.1) is 0 Å². The first-order valence-corrected chi connectivity index (χ1v) is 7.38. The Hall–Kier alpha value is -1.62. The summed E-state index contributed by atoms with van der Waals surface area (Å²) in [6, 6.07) is 3.85. The lowest BCUT2D eigenvalue weighted by atomic mass is 10.0. The van der Waals surface area contributed by atoms with Gasteiger partial charge in [-0.2, -0.15) is 0 Å². The third-order valence-corrected chi connectivity index (χ3v) is 2.74. The second-order valence-electron chi connectivity index (χ2n) is 4.55. The normalized spacial score (nSPS) is 10.9. The second kappa shape index (κ2) is 9.02. The first kappa shape index (κ1) is 20.4. The summed E-state index contributed by atoms with van der Waals surface area (Å²) in [7, 11) is 4.19. The number of benzene rings is 1. The molecule has 0 aromatic heterocycles. The van der Waals surface area contributed by atoms with E-state index < -0.39 is 17.7 Å². The van der Waals surface area contributed by atoms with E-state index in [1.165, 1.54) is 39.3 Å². The summed E-state index contributed by atoms with van der Waals surface area (Å²) in [6.45, 7) is 0. The maximum atomic E-state index is 12.1. The standard InChI is InChI=1S/C12H15Cl3N6O3/c1-19(13)16-10(22)7-4-8(11(23)17-20(2)14)6-9(5-7)12(24)18-21(3)15/h4-6H,1-3H3,(H,16,22)(H,17,23)(H,18,24). The fourth-order valence-electron chi connectivity index (χ4n) is 1.63. The number of rotatable bonds is 6. The van der Waals surface area contributed by atoms with Crippen molar-refractivity contribution in [2.45, 2.75) is 0 Å². The Bertz CT molecular complexity index is 540. The molecule has 0 aliphatic rings. The highest BCUT2D eigenvalue weighted by Gasteiger charge is 2.18. The first-order valence-electron chi connectivity index (χ1n) is 6.36. The van der Waals surface area contributed by atoms with E-state index in [4.69, 9.17) is 35.3 Å². The highest BCUT2D eigenvalue weighted by molar-refractivity contribution is 6.15. The van der Waals surface area contributed by atoms with Crippen molar-refractivity contribution >= 4 is 53.1 Å². The van der Waals surface area contributed by atoms with Crippen LogP contribution in [0.2, 0.25) is 0 Å². The zero-order valence-electron chi connectivity index (χ0n) is 12.9. The van der Waals surface area contributed by atoms with Gasteiger partial charge in [-0.15, -0.1) is 13.6 Å². The molecular weight excluding hydrogens is 383 g/mol. The van der Waals surface area contributed by atoms with E-state index in [9.17, 15) is 14.4 Å². The minimum atomic E-state index is -0.616. The van der Waals surface area contributed by atoms with E-state index in [1.807, 2.05) is 0 Å². The van der Waals surface area contributed by atoms with Gasteiger partial charge in [-0.05, 0) is 53.5 Å². The molecule has 0 radical (unpaired) electrons. The minimum Gasteiger partial charge on any atom is -0.271 e. The molecule has 0 aliphatic carbocycles. The molecule has 9 nitrogen and oxygen atoms in total. The van der Waals surface area contributed by atoms with E-state index in [0.717, 1.165) is 13.6 Å². The van der Waals surface area contributed by atoms with E-state index in [1.54, 1.807) is 0 Å². The smallest absolute Gasteiger partial charge is 0.266 e. The molecule has 0 saturated heterocycles. The van der Waals surface area contributed by atoms with E-state index in [-0.39, 0.29) is 16.7 Å². The fourth-order valence-corrected chi connectivity index (χ4v) is 1.86. The van der Waals surface area contributed by atoms with Crippen LogP contribution in [0.1, 0.15) is 31.1 Å². The van der Waals surface area contributed by atoms with Gasteiger partial charge < -0.3 is 0 Å². The monoisotopic (exact) mass is 396 g/mol. The summed E-state index contributed by atoms with van der Waals surface area (Å²) >= 11 is 16.7. The van der Waals surface area contributed by atoms with Crippen molar-refractivity contribution in [2.24, 2.45) is 0 Å². The molecule has 0 atom stereocenters. The van der Waals surface area contributed by atoms with E-state index in [2.05, 4.69) is 16.3 Å². The topological polar surface area (TPSA) is 97.0 Å². The number of halogens is 3. The third kappa shape index (κ3) is 6.48. The molecule has 1 rings (SSSR count). The number of nitrogens with zero attached hydrogens (tertiary/aromatic N) is 3. The number of carbonyl (C=O) groups is 3. The van der Waals surface area contributed by atoms with Crippen LogP contribution in [0.4, 0.5) is 0 Å². The van der Waals surface area contributed by atoms with Gasteiger partial charge in [0.25, 0.3) is 17.7 Å². The van der Waals surface area contributed by atoms with Crippen LogP contribution in [0.5, 0.6) is 0 Å². The Morgan fingerprint density at radius 2 is 0.875 bits per heavy atom. The van der Waals surface area contributed by atoms with Gasteiger partial charge in [-0.1, -0.05) is 0 Å². The maximum absolute atomic E-state index is 12.1. The molecule has 12 heteroatoms. The van der Waals surface area contributed by atoms with Gasteiger partial charge in [0.15, 0.2) is 0 Å². The lowest BCUT2D eigenvalue weighted by Gasteiger charge is -2.14. The van der Waals surface area contributed by atoms with Crippen molar-refractivity contribution in [2.75, 3.05) is 21.1 Å². The molecule has 1 aromatic carbocycles. The van der Waals surface area contributed by atoms with Gasteiger partial charge in [-0.3, -0.25) is 30.7 Å². The average Bonchev–Trinajstić information content (AvgIpc) is 2.44. The molecular formula is C12H15Cl3N6O3. The summed E-state index contributed by atoms with van der Waals surface area (Å²) in [6.07, 6.45) is 0. The maximum Gasteiger partial charge on any atom is 0.266 e. The van der Waals surface area contributed by atoms with Crippen LogP contribution in [0, 0.1) is 0 Å². The summed E-state index contributed by atoms with van der Waals surface area (Å²) in [5.74, 6) is -1.85. The van der Waals surface area contributed by atoms with Gasteiger partial charge in [-0.25, -0.2) is 0 Å². The van der Waals surface area contributed by atoms with Gasteiger partial charge in [0.1, 0.15) is 0 Å². The van der Waals surface area contributed by atoms with Crippen LogP contribution in [0.25, 0.3) is 0 Å². The Labute approximate surface area is 153 Å². The van der Waals surface area contributed by atoms with Crippen LogP contribution in [0.3, 0.4) is 0 Å². The van der Waals surface area contributed by atoms with Gasteiger partial charge >= 0.3 is 0 Å². The van der Waals surface area contributed by atoms with E-state index in [0.29, 0.717) is 0 Å². The van der Waals surface area contributed by atoms with Crippen molar-refractivity contribution in [1.29, 1.82) is 0 Å². The number of hydrazine groups is 3. The molecule has 3 N–H and O–H groups in total. The summed E-state index contributed by atoms with van der Waals surface area (Å²) in [5, 5.41) is 0. The number of nitrogens with one attached hydrogen (secondary N) is 3. The van der Waals surface area contributed by atoms with Crippen molar-refractivity contribution in [1.82, 2.24) is 29.9 Å². The van der Waals surface area contributed by atoms with Crippen LogP contribution in [-0.4, -0.2) is 52.4 Å². The van der Waals surface area contributed by atoms with Crippen LogP contribution in [-0.2, 0) is 0 Å². The van der Waals surface area contributed by atoms with Crippen molar-refractivity contribution < 1.29 is 14.4 Å². The lowest BCUT2D eigenvalue weighted by Crippen LogP contribution is -2.36. The molecule has 0 heterocycles. The molecule has 0 fully saturated rings. The highest BCUT2D eigenvalue weighted by Crippen LogP contribution is 2.12. The van der Waals surface area contributed by atoms with Gasteiger partial charge in [0.2, 0.25) is 0 Å². The average molecular weight is 398 g/mol. The summed E-state index contributed by atoms with van der Waals surface area (Å²) in [4.78, 5) is 36.2. The largest absolute Gasteiger partial charge is 0.271 e. The van der Waals surface area contributed by atoms with Crippen LogP contribution in [0.15, 0.2) is 18.2 Å². The molecule has 0 saturated carbocycles. The Morgan fingerprint density at radius 3 is 1.04 bits per heavy atom. The molecule has 1 aromatic rings. The second-order valence-corrected chi connectivity index (χ2v) is 6.07. The van der Waals surface area contributed by atoms with Crippen LogP contribution >= 0.6 is 35.3 Å². The first-order chi connectivity index (χ1) is 11.1. The van der Waals surface area contributed by atoms with Crippen molar-refractivity contribution in [3.05, 3.63) is 34.9 Å². The lowest BCUT2D eigenvalue weighted by molar-refractivity contribution is 0.0896. The van der Waals surface area contributed by atoms with Crippen molar-refractivity contribution in [3.8, 4) is 0 Å². The molecule has 0 spiro atoms.